The van der Waals surface area contributed by atoms with E-state index in [0.717, 1.165) is 12.0 Å². The lowest BCUT2D eigenvalue weighted by Crippen LogP contribution is -2.42. The van der Waals surface area contributed by atoms with Crippen molar-refractivity contribution in [3.8, 4) is 5.75 Å². The monoisotopic (exact) mass is 398 g/mol. The van der Waals surface area contributed by atoms with E-state index in [9.17, 15) is 14.1 Å². The number of phenolic OH excluding ortho intramolecular Hbond substituents is 1. The third kappa shape index (κ3) is 3.76. The average molecular weight is 399 g/mol. The number of aromatic hydroxyl groups is 1. The zero-order chi connectivity index (χ0) is 18.1. The van der Waals surface area contributed by atoms with Crippen LogP contribution in [0.1, 0.15) is 22.3 Å². The van der Waals surface area contributed by atoms with E-state index < -0.39 is 11.0 Å². The molecule has 5 nitrogen and oxygen atoms in total. The second kappa shape index (κ2) is 7.23. The van der Waals surface area contributed by atoms with E-state index in [0.29, 0.717) is 29.4 Å². The second-order valence-electron chi connectivity index (χ2n) is 5.78. The number of rotatable bonds is 4. The van der Waals surface area contributed by atoms with Crippen LogP contribution in [0.3, 0.4) is 0 Å². The number of anilines is 1. The first-order valence-corrected chi connectivity index (χ1v) is 9.54. The summed E-state index contributed by atoms with van der Waals surface area (Å²) >= 11 is 11.9. The molecule has 132 valence electrons. The highest BCUT2D eigenvalue weighted by Gasteiger charge is 2.24. The van der Waals surface area contributed by atoms with Gasteiger partial charge in [-0.25, -0.2) is 4.21 Å². The Labute approximate surface area is 158 Å². The Balaban J connectivity index is 1.90. The van der Waals surface area contributed by atoms with Crippen LogP contribution < -0.4 is 4.72 Å². The van der Waals surface area contributed by atoms with Gasteiger partial charge in [0.1, 0.15) is 4.90 Å². The van der Waals surface area contributed by atoms with Gasteiger partial charge in [0.25, 0.3) is 5.91 Å². The highest BCUT2D eigenvalue weighted by molar-refractivity contribution is 7.86. The van der Waals surface area contributed by atoms with Crippen LogP contribution in [0.5, 0.6) is 5.75 Å². The molecule has 25 heavy (non-hydrogen) atoms. The molecule has 2 aromatic carbocycles. The summed E-state index contributed by atoms with van der Waals surface area (Å²) in [6.07, 6.45) is 0.966. The first kappa shape index (κ1) is 18.0. The van der Waals surface area contributed by atoms with Crippen molar-refractivity contribution < 1.29 is 14.1 Å². The van der Waals surface area contributed by atoms with Crippen molar-refractivity contribution >= 4 is 45.8 Å². The number of nitrogens with zero attached hydrogens (tertiary/aromatic N) is 1. The molecule has 0 aliphatic carbocycles. The number of amides is 1. The minimum absolute atomic E-state index is 0.00986. The highest BCUT2D eigenvalue weighted by Crippen LogP contribution is 2.33. The number of hydrogen-bond acceptors (Lipinski definition) is 3. The molecular weight excluding hydrogens is 383 g/mol. The average Bonchev–Trinajstić information content (AvgIpc) is 2.50. The van der Waals surface area contributed by atoms with Gasteiger partial charge in [0.05, 0.1) is 5.02 Å². The van der Waals surface area contributed by atoms with Gasteiger partial charge in [-0.3, -0.25) is 4.79 Å². The van der Waals surface area contributed by atoms with Crippen LogP contribution in [0.4, 0.5) is 5.69 Å². The van der Waals surface area contributed by atoms with E-state index in [2.05, 4.69) is 4.72 Å². The Kier molecular flexibility index (Phi) is 5.22. The van der Waals surface area contributed by atoms with Crippen molar-refractivity contribution in [3.05, 3.63) is 51.5 Å². The minimum Gasteiger partial charge on any atom is -0.505 e. The summed E-state index contributed by atoms with van der Waals surface area (Å²) < 4.78 is 15.5. The Bertz CT molecular complexity index is 869. The lowest BCUT2D eigenvalue weighted by Gasteiger charge is -2.31. The first-order valence-electron chi connectivity index (χ1n) is 7.63. The topological polar surface area (TPSA) is 69.6 Å². The summed E-state index contributed by atoms with van der Waals surface area (Å²) in [5, 5.41) is 10.7. The van der Waals surface area contributed by atoms with E-state index in [1.54, 1.807) is 23.1 Å². The SMILES string of the molecule is Cc1cc(Cl)ccc1NS(=O)c1cc(C(=O)N2CCC2)cc(Cl)c1O. The molecule has 1 aliphatic heterocycles. The highest BCUT2D eigenvalue weighted by atomic mass is 35.5. The fourth-order valence-corrected chi connectivity index (χ4v) is 4.00. The van der Waals surface area contributed by atoms with Crippen LogP contribution in [0.2, 0.25) is 10.0 Å². The van der Waals surface area contributed by atoms with Gasteiger partial charge >= 0.3 is 0 Å². The third-order valence-electron chi connectivity index (χ3n) is 4.01. The van der Waals surface area contributed by atoms with Gasteiger partial charge in [-0.05, 0) is 49.2 Å². The predicted octanol–water partition coefficient (Wildman–Crippen LogP) is 3.99. The molecule has 2 N–H and O–H groups in total. The number of likely N-dealkylation sites (tertiary alicyclic amines) is 1. The summed E-state index contributed by atoms with van der Waals surface area (Å²) in [6.45, 7) is 3.21. The summed E-state index contributed by atoms with van der Waals surface area (Å²) in [5.74, 6) is -0.492. The Morgan fingerprint density at radius 3 is 2.56 bits per heavy atom. The van der Waals surface area contributed by atoms with Crippen molar-refractivity contribution in [2.75, 3.05) is 17.8 Å². The van der Waals surface area contributed by atoms with Gasteiger partial charge in [-0.15, -0.1) is 0 Å². The van der Waals surface area contributed by atoms with Crippen LogP contribution in [0.15, 0.2) is 35.2 Å². The van der Waals surface area contributed by atoms with E-state index in [4.69, 9.17) is 23.2 Å². The molecule has 1 saturated heterocycles. The number of nitrogens with one attached hydrogen (secondary N) is 1. The molecule has 1 amide bonds. The fourth-order valence-electron chi connectivity index (χ4n) is 2.44. The Morgan fingerprint density at radius 2 is 1.96 bits per heavy atom. The van der Waals surface area contributed by atoms with Crippen molar-refractivity contribution in [1.29, 1.82) is 0 Å². The molecule has 0 aromatic heterocycles. The van der Waals surface area contributed by atoms with Crippen LogP contribution in [-0.4, -0.2) is 33.2 Å². The van der Waals surface area contributed by atoms with E-state index >= 15 is 0 Å². The number of halogens is 2. The van der Waals surface area contributed by atoms with E-state index in [-0.39, 0.29) is 21.6 Å². The lowest BCUT2D eigenvalue weighted by molar-refractivity contribution is 0.0651. The minimum atomic E-state index is -1.80. The number of benzene rings is 2. The molecule has 8 heteroatoms. The van der Waals surface area contributed by atoms with Gasteiger partial charge in [0, 0.05) is 29.4 Å². The number of carbonyl (C=O) groups is 1. The van der Waals surface area contributed by atoms with Crippen LogP contribution in [-0.2, 0) is 11.0 Å². The number of phenols is 1. The maximum atomic E-state index is 12.7. The largest absolute Gasteiger partial charge is 0.505 e. The van der Waals surface area contributed by atoms with Gasteiger partial charge in [-0.2, -0.15) is 0 Å². The van der Waals surface area contributed by atoms with Crippen molar-refractivity contribution in [2.45, 2.75) is 18.2 Å². The second-order valence-corrected chi connectivity index (χ2v) is 7.81. The molecule has 1 atom stereocenters. The van der Waals surface area contributed by atoms with Gasteiger partial charge < -0.3 is 14.7 Å². The quantitative estimate of drug-likeness (QED) is 0.817. The molecule has 1 fully saturated rings. The molecule has 0 bridgehead atoms. The number of aryl methyl sites for hydroxylation is 1. The Morgan fingerprint density at radius 1 is 1.24 bits per heavy atom. The van der Waals surface area contributed by atoms with E-state index in [1.165, 1.54) is 12.1 Å². The summed E-state index contributed by atoms with van der Waals surface area (Å²) in [5.41, 5.74) is 1.72. The Hall–Kier alpha value is -1.76. The number of hydrogen-bond donors (Lipinski definition) is 2. The normalized spacial score (nSPS) is 14.8. The molecule has 3 rings (SSSR count). The molecule has 1 unspecified atom stereocenters. The predicted molar refractivity (Wildman–Crippen MR) is 99.9 cm³/mol. The molecule has 0 spiro atoms. The van der Waals surface area contributed by atoms with Crippen LogP contribution in [0, 0.1) is 6.92 Å². The molecule has 1 heterocycles. The fraction of sp³-hybridized carbons (Fsp3) is 0.235. The van der Waals surface area contributed by atoms with Crippen molar-refractivity contribution in [2.24, 2.45) is 0 Å². The molecular formula is C17H16Cl2N2O3S. The molecule has 2 aromatic rings. The smallest absolute Gasteiger partial charge is 0.253 e. The van der Waals surface area contributed by atoms with Gasteiger partial charge in [-0.1, -0.05) is 23.2 Å². The first-order chi connectivity index (χ1) is 11.9. The van der Waals surface area contributed by atoms with Crippen molar-refractivity contribution in [1.82, 2.24) is 4.90 Å². The number of carbonyl (C=O) groups excluding carboxylic acids is 1. The zero-order valence-corrected chi connectivity index (χ0v) is 15.7. The van der Waals surface area contributed by atoms with E-state index in [1.807, 2.05) is 6.92 Å². The lowest BCUT2D eigenvalue weighted by atomic mass is 10.1. The standard InChI is InChI=1S/C17H16Cl2N2O3S/c1-10-7-12(18)3-4-14(10)20-25(24)15-9-11(8-13(19)16(15)22)17(23)21-5-2-6-21/h3-4,7-9,20,22H,2,5-6H2,1H3. The maximum absolute atomic E-state index is 12.7. The van der Waals surface area contributed by atoms with Gasteiger partial charge in [0.15, 0.2) is 16.7 Å². The summed E-state index contributed by atoms with van der Waals surface area (Å²) in [7, 11) is -1.80. The molecule has 0 saturated carbocycles. The van der Waals surface area contributed by atoms with Crippen molar-refractivity contribution in [3.63, 3.8) is 0 Å². The summed E-state index contributed by atoms with van der Waals surface area (Å²) in [6, 6.07) is 7.91. The third-order valence-corrected chi connectivity index (χ3v) is 5.65. The van der Waals surface area contributed by atoms with Crippen LogP contribution in [0.25, 0.3) is 0 Å². The van der Waals surface area contributed by atoms with Gasteiger partial charge in [0.2, 0.25) is 0 Å². The van der Waals surface area contributed by atoms with Crippen LogP contribution >= 0.6 is 23.2 Å². The molecule has 1 aliphatic rings. The maximum Gasteiger partial charge on any atom is 0.253 e. The molecule has 0 radical (unpaired) electrons. The summed E-state index contributed by atoms with van der Waals surface area (Å²) in [4.78, 5) is 14.1. The zero-order valence-electron chi connectivity index (χ0n) is 13.4.